The van der Waals surface area contributed by atoms with Gasteiger partial charge in [-0.15, -0.1) is 11.8 Å². The van der Waals surface area contributed by atoms with Crippen LogP contribution >= 0.6 is 11.8 Å². The van der Waals surface area contributed by atoms with Crippen molar-refractivity contribution in [1.29, 1.82) is 0 Å². The minimum atomic E-state index is 0.603. The molecule has 0 aromatic carbocycles. The van der Waals surface area contributed by atoms with E-state index in [1.807, 2.05) is 17.3 Å². The fourth-order valence-corrected chi connectivity index (χ4v) is 1.67. The summed E-state index contributed by atoms with van der Waals surface area (Å²) in [7, 11) is 0. The van der Waals surface area contributed by atoms with Crippen molar-refractivity contribution in [3.63, 3.8) is 0 Å². The number of nitrogens with zero attached hydrogens (tertiary/aromatic N) is 1. The van der Waals surface area contributed by atoms with Crippen molar-refractivity contribution >= 4 is 17.3 Å². The molecule has 0 radical (unpaired) electrons. The second kappa shape index (κ2) is 3.25. The normalized spacial score (nSPS) is 27.2. The van der Waals surface area contributed by atoms with Gasteiger partial charge in [0.05, 0.1) is 11.6 Å². The second-order valence-corrected chi connectivity index (χ2v) is 3.68. The van der Waals surface area contributed by atoms with E-state index in [2.05, 4.69) is 18.8 Å². The highest BCUT2D eigenvalue weighted by atomic mass is 32.2. The lowest BCUT2D eigenvalue weighted by Crippen LogP contribution is -2.16. The third-order valence-electron chi connectivity index (χ3n) is 1.63. The van der Waals surface area contributed by atoms with Crippen LogP contribution in [0.25, 0.3) is 0 Å². The zero-order chi connectivity index (χ0) is 6.69. The van der Waals surface area contributed by atoms with E-state index >= 15 is 0 Å². The van der Waals surface area contributed by atoms with Crippen LogP contribution in [0.2, 0.25) is 0 Å². The maximum atomic E-state index is 4.37. The van der Waals surface area contributed by atoms with Gasteiger partial charge in [0.1, 0.15) is 0 Å². The van der Waals surface area contributed by atoms with Gasteiger partial charge in [-0.25, -0.2) is 0 Å². The smallest absolute Gasteiger partial charge is 0.0544 e. The van der Waals surface area contributed by atoms with Gasteiger partial charge in [-0.3, -0.25) is 4.99 Å². The highest BCUT2D eigenvalue weighted by Crippen LogP contribution is 2.17. The highest BCUT2D eigenvalue weighted by Gasteiger charge is 2.12. The van der Waals surface area contributed by atoms with Gasteiger partial charge in [0.25, 0.3) is 0 Å². The van der Waals surface area contributed by atoms with Crippen molar-refractivity contribution in [2.75, 3.05) is 5.75 Å². The minimum absolute atomic E-state index is 0.603. The Balaban J connectivity index is 2.40. The summed E-state index contributed by atoms with van der Waals surface area (Å²) in [5.74, 6) is 1.98. The maximum Gasteiger partial charge on any atom is 0.0544 e. The Bertz CT molecular complexity index is 109. The molecule has 0 spiro atoms. The molecule has 0 bridgehead atoms. The van der Waals surface area contributed by atoms with Crippen molar-refractivity contribution in [3.8, 4) is 0 Å². The molecule has 0 aromatic rings. The van der Waals surface area contributed by atoms with Crippen LogP contribution in [-0.4, -0.2) is 17.3 Å². The molecule has 1 rings (SSSR count). The van der Waals surface area contributed by atoms with Gasteiger partial charge in [0.15, 0.2) is 0 Å². The summed E-state index contributed by atoms with van der Waals surface area (Å²) in [5, 5.41) is 0. The maximum absolute atomic E-state index is 4.37. The van der Waals surface area contributed by atoms with Crippen molar-refractivity contribution in [2.45, 2.75) is 26.3 Å². The summed E-state index contributed by atoms with van der Waals surface area (Å²) in [6, 6.07) is 0.603. The Morgan fingerprint density at radius 1 is 1.67 bits per heavy atom. The van der Waals surface area contributed by atoms with E-state index in [4.69, 9.17) is 0 Å². The van der Waals surface area contributed by atoms with E-state index in [1.165, 1.54) is 12.2 Å². The molecule has 0 saturated heterocycles. The molecular formula is C7H13NS. The van der Waals surface area contributed by atoms with Gasteiger partial charge < -0.3 is 0 Å². The molecule has 1 heterocycles. The van der Waals surface area contributed by atoms with Gasteiger partial charge in [0, 0.05) is 5.75 Å². The fourth-order valence-electron chi connectivity index (χ4n) is 0.943. The molecule has 1 nitrogen and oxygen atoms in total. The Labute approximate surface area is 60.9 Å². The molecule has 0 amide bonds. The largest absolute Gasteiger partial charge is 0.283 e. The van der Waals surface area contributed by atoms with Crippen LogP contribution in [0, 0.1) is 5.92 Å². The molecule has 2 heteroatoms. The van der Waals surface area contributed by atoms with Crippen LogP contribution in [0.1, 0.15) is 20.3 Å². The monoisotopic (exact) mass is 143 g/mol. The summed E-state index contributed by atoms with van der Waals surface area (Å²) in [6.07, 6.45) is 1.26. The summed E-state index contributed by atoms with van der Waals surface area (Å²) < 4.78 is 0. The topological polar surface area (TPSA) is 12.4 Å². The summed E-state index contributed by atoms with van der Waals surface area (Å²) in [4.78, 5) is 4.37. The summed E-state index contributed by atoms with van der Waals surface area (Å²) in [5.41, 5.74) is 1.99. The average Bonchev–Trinajstić information content (AvgIpc) is 1.90. The first-order valence-electron chi connectivity index (χ1n) is 3.44. The molecule has 1 atom stereocenters. The van der Waals surface area contributed by atoms with Crippen molar-refractivity contribution in [1.82, 2.24) is 0 Å². The lowest BCUT2D eigenvalue weighted by Gasteiger charge is -2.18. The van der Waals surface area contributed by atoms with E-state index < -0.39 is 0 Å². The SMILES string of the molecule is CC(C)C1CCSC=N1. The molecule has 0 aromatic heterocycles. The predicted molar refractivity (Wildman–Crippen MR) is 44.2 cm³/mol. The number of hydrogen-bond donors (Lipinski definition) is 0. The van der Waals surface area contributed by atoms with Crippen LogP contribution < -0.4 is 0 Å². The van der Waals surface area contributed by atoms with Crippen molar-refractivity contribution in [3.05, 3.63) is 0 Å². The Morgan fingerprint density at radius 2 is 2.44 bits per heavy atom. The first-order valence-corrected chi connectivity index (χ1v) is 4.49. The van der Waals surface area contributed by atoms with E-state index in [-0.39, 0.29) is 0 Å². The van der Waals surface area contributed by atoms with Gasteiger partial charge >= 0.3 is 0 Å². The van der Waals surface area contributed by atoms with Crippen LogP contribution in [0.5, 0.6) is 0 Å². The van der Waals surface area contributed by atoms with E-state index in [1.54, 1.807) is 0 Å². The standard InChI is InChI=1S/C7H13NS/c1-6(2)7-3-4-9-5-8-7/h5-7H,3-4H2,1-2H3. The molecular weight excluding hydrogens is 130 g/mol. The van der Waals surface area contributed by atoms with Crippen LogP contribution in [-0.2, 0) is 0 Å². The number of thioether (sulfide) groups is 1. The lowest BCUT2D eigenvalue weighted by atomic mass is 10.0. The van der Waals surface area contributed by atoms with Gasteiger partial charge in [-0.2, -0.15) is 0 Å². The first-order chi connectivity index (χ1) is 4.30. The van der Waals surface area contributed by atoms with E-state index in [0.717, 1.165) is 5.92 Å². The number of rotatable bonds is 1. The summed E-state index contributed by atoms with van der Waals surface area (Å²) in [6.45, 7) is 4.47. The molecule has 0 N–H and O–H groups in total. The van der Waals surface area contributed by atoms with Crippen LogP contribution in [0.15, 0.2) is 4.99 Å². The van der Waals surface area contributed by atoms with E-state index in [0.29, 0.717) is 6.04 Å². The molecule has 1 aliphatic rings. The highest BCUT2D eigenvalue weighted by molar-refractivity contribution is 8.12. The van der Waals surface area contributed by atoms with Gasteiger partial charge in [-0.05, 0) is 12.3 Å². The minimum Gasteiger partial charge on any atom is -0.283 e. The van der Waals surface area contributed by atoms with Crippen LogP contribution in [0.4, 0.5) is 0 Å². The molecule has 1 unspecified atom stereocenters. The van der Waals surface area contributed by atoms with Gasteiger partial charge in [-0.1, -0.05) is 13.8 Å². The Hall–Kier alpha value is 0.0200. The lowest BCUT2D eigenvalue weighted by molar-refractivity contribution is 0.486. The third kappa shape index (κ3) is 2.01. The number of hydrogen-bond acceptors (Lipinski definition) is 2. The summed E-state index contributed by atoms with van der Waals surface area (Å²) >= 11 is 1.82. The third-order valence-corrected chi connectivity index (χ3v) is 2.37. The molecule has 0 fully saturated rings. The zero-order valence-corrected chi connectivity index (χ0v) is 6.82. The zero-order valence-electron chi connectivity index (χ0n) is 6.00. The molecule has 1 aliphatic heterocycles. The van der Waals surface area contributed by atoms with Crippen molar-refractivity contribution < 1.29 is 0 Å². The van der Waals surface area contributed by atoms with Crippen LogP contribution in [0.3, 0.4) is 0 Å². The number of aliphatic imine (C=N–C) groups is 1. The predicted octanol–water partition coefficient (Wildman–Crippen LogP) is 2.18. The first kappa shape index (κ1) is 7.13. The Kier molecular flexibility index (Phi) is 2.58. The van der Waals surface area contributed by atoms with Gasteiger partial charge in [0.2, 0.25) is 0 Å². The molecule has 9 heavy (non-hydrogen) atoms. The molecule has 52 valence electrons. The second-order valence-electron chi connectivity index (χ2n) is 2.73. The Morgan fingerprint density at radius 3 is 2.78 bits per heavy atom. The molecule has 0 saturated carbocycles. The fraction of sp³-hybridized carbons (Fsp3) is 0.857. The van der Waals surface area contributed by atoms with Crippen molar-refractivity contribution in [2.24, 2.45) is 10.9 Å². The van der Waals surface area contributed by atoms with E-state index in [9.17, 15) is 0 Å². The average molecular weight is 143 g/mol. The quantitative estimate of drug-likeness (QED) is 0.548. The molecule has 0 aliphatic carbocycles.